The van der Waals surface area contributed by atoms with Gasteiger partial charge in [0.2, 0.25) is 0 Å². The summed E-state index contributed by atoms with van der Waals surface area (Å²) in [6, 6.07) is 9.16. The Kier molecular flexibility index (Phi) is 5.42. The third kappa shape index (κ3) is 3.55. The second-order valence-electron chi connectivity index (χ2n) is 4.55. The molecule has 0 aliphatic heterocycles. The number of nitriles is 1. The van der Waals surface area contributed by atoms with E-state index in [1.165, 1.54) is 7.11 Å². The second kappa shape index (κ2) is 7.31. The lowest BCUT2D eigenvalue weighted by Crippen LogP contribution is -2.11. The van der Waals surface area contributed by atoms with Crippen molar-refractivity contribution in [2.45, 2.75) is 11.8 Å². The minimum atomic E-state index is -0.520. The van der Waals surface area contributed by atoms with Crippen LogP contribution >= 0.6 is 23.1 Å². The van der Waals surface area contributed by atoms with Crippen LogP contribution in [-0.4, -0.2) is 25.2 Å². The van der Waals surface area contributed by atoms with Gasteiger partial charge >= 0.3 is 5.97 Å². The molecule has 23 heavy (non-hydrogen) atoms. The maximum absolute atomic E-state index is 12.3. The van der Waals surface area contributed by atoms with Crippen LogP contribution in [0.5, 0.6) is 0 Å². The number of thiophene rings is 1. The third-order valence-corrected chi connectivity index (χ3v) is 5.14. The minimum absolute atomic E-state index is 0.282. The minimum Gasteiger partial charge on any atom is -0.465 e. The van der Waals surface area contributed by atoms with Gasteiger partial charge in [0.25, 0.3) is 5.91 Å². The van der Waals surface area contributed by atoms with E-state index in [0.29, 0.717) is 21.0 Å². The molecular formula is C16H14N2O3S2. The molecule has 0 saturated heterocycles. The maximum Gasteiger partial charge on any atom is 0.348 e. The zero-order chi connectivity index (χ0) is 17.0. The topological polar surface area (TPSA) is 79.2 Å². The molecule has 0 fully saturated rings. The number of hydrogen-bond donors (Lipinski definition) is 1. The van der Waals surface area contributed by atoms with E-state index in [2.05, 4.69) is 5.32 Å². The van der Waals surface area contributed by atoms with Crippen LogP contribution in [-0.2, 0) is 4.74 Å². The standard InChI is InChI=1S/C16H14N2O3S2/c1-9-12(8-17)15(23-13(9)16(20)21-2)18-14(19)10-4-6-11(22-3)7-5-10/h4-7H,1-3H3,(H,18,19). The zero-order valence-corrected chi connectivity index (χ0v) is 14.4. The summed E-state index contributed by atoms with van der Waals surface area (Å²) in [6.45, 7) is 1.66. The van der Waals surface area contributed by atoms with Crippen LogP contribution in [0.4, 0.5) is 5.00 Å². The summed E-state index contributed by atoms with van der Waals surface area (Å²) in [7, 11) is 1.28. The number of benzene rings is 1. The number of carbonyl (C=O) groups is 2. The van der Waals surface area contributed by atoms with Crippen LogP contribution in [0.2, 0.25) is 0 Å². The van der Waals surface area contributed by atoms with Crippen LogP contribution in [0.15, 0.2) is 29.2 Å². The number of ether oxygens (including phenoxy) is 1. The van der Waals surface area contributed by atoms with E-state index in [4.69, 9.17) is 4.74 Å². The smallest absolute Gasteiger partial charge is 0.348 e. The summed E-state index contributed by atoms with van der Waals surface area (Å²) in [5, 5.41) is 12.3. The lowest BCUT2D eigenvalue weighted by molar-refractivity contribution is 0.0605. The Balaban J connectivity index is 2.30. The molecule has 1 amide bonds. The normalized spacial score (nSPS) is 10.0. The first-order valence-corrected chi connectivity index (χ1v) is 8.63. The zero-order valence-electron chi connectivity index (χ0n) is 12.8. The molecule has 2 aromatic rings. The van der Waals surface area contributed by atoms with E-state index in [-0.39, 0.29) is 11.5 Å². The highest BCUT2D eigenvalue weighted by Crippen LogP contribution is 2.33. The molecule has 118 valence electrons. The van der Waals surface area contributed by atoms with Crippen molar-refractivity contribution < 1.29 is 14.3 Å². The first kappa shape index (κ1) is 17.1. The van der Waals surface area contributed by atoms with Gasteiger partial charge in [0.1, 0.15) is 15.9 Å². The molecule has 0 radical (unpaired) electrons. The Morgan fingerprint density at radius 3 is 2.48 bits per heavy atom. The number of carbonyl (C=O) groups excluding carboxylic acids is 2. The largest absolute Gasteiger partial charge is 0.465 e. The fourth-order valence-electron chi connectivity index (χ4n) is 1.94. The van der Waals surface area contributed by atoms with E-state index in [0.717, 1.165) is 16.2 Å². The lowest BCUT2D eigenvalue weighted by atomic mass is 10.1. The number of methoxy groups -OCH3 is 1. The summed E-state index contributed by atoms with van der Waals surface area (Å²) in [6.07, 6.45) is 1.96. The fraction of sp³-hybridized carbons (Fsp3) is 0.188. The number of amides is 1. The van der Waals surface area contributed by atoms with E-state index in [9.17, 15) is 14.9 Å². The third-order valence-electron chi connectivity index (χ3n) is 3.21. The lowest BCUT2D eigenvalue weighted by Gasteiger charge is -2.04. The highest BCUT2D eigenvalue weighted by molar-refractivity contribution is 7.98. The second-order valence-corrected chi connectivity index (χ2v) is 6.45. The van der Waals surface area contributed by atoms with Crippen molar-refractivity contribution >= 4 is 40.0 Å². The Labute approximate surface area is 142 Å². The van der Waals surface area contributed by atoms with Crippen molar-refractivity contribution in [3.63, 3.8) is 0 Å². The summed E-state index contributed by atoms with van der Waals surface area (Å²) in [4.78, 5) is 25.4. The van der Waals surface area contributed by atoms with Crippen molar-refractivity contribution in [2.75, 3.05) is 18.7 Å². The number of thioether (sulfide) groups is 1. The van der Waals surface area contributed by atoms with E-state index in [1.807, 2.05) is 24.5 Å². The molecule has 1 aromatic carbocycles. The van der Waals surface area contributed by atoms with Crippen LogP contribution < -0.4 is 5.32 Å². The van der Waals surface area contributed by atoms with Gasteiger partial charge in [-0.15, -0.1) is 23.1 Å². The number of hydrogen-bond acceptors (Lipinski definition) is 6. The van der Waals surface area contributed by atoms with Crippen LogP contribution in [0.1, 0.15) is 31.2 Å². The first-order valence-electron chi connectivity index (χ1n) is 6.59. The number of rotatable bonds is 4. The first-order chi connectivity index (χ1) is 11.0. The molecule has 0 saturated carbocycles. The van der Waals surface area contributed by atoms with Gasteiger partial charge in [-0.05, 0) is 43.0 Å². The van der Waals surface area contributed by atoms with E-state index < -0.39 is 5.97 Å². The van der Waals surface area contributed by atoms with Gasteiger partial charge in [-0.1, -0.05) is 0 Å². The Morgan fingerprint density at radius 1 is 1.30 bits per heavy atom. The SMILES string of the molecule is COC(=O)c1sc(NC(=O)c2ccc(SC)cc2)c(C#N)c1C. The van der Waals surface area contributed by atoms with Crippen LogP contribution in [0.25, 0.3) is 0 Å². The quantitative estimate of drug-likeness (QED) is 0.675. The Bertz CT molecular complexity index is 789. The predicted molar refractivity (Wildman–Crippen MR) is 91.3 cm³/mol. The van der Waals surface area contributed by atoms with Gasteiger partial charge in [-0.25, -0.2) is 4.79 Å². The van der Waals surface area contributed by atoms with Gasteiger partial charge < -0.3 is 10.1 Å². The molecule has 0 unspecified atom stereocenters. The molecular weight excluding hydrogens is 332 g/mol. The van der Waals surface area contributed by atoms with Gasteiger partial charge in [-0.2, -0.15) is 5.26 Å². The van der Waals surface area contributed by atoms with Crippen molar-refractivity contribution in [1.29, 1.82) is 5.26 Å². The van der Waals surface area contributed by atoms with E-state index in [1.54, 1.807) is 30.8 Å². The molecule has 1 aromatic heterocycles. The van der Waals surface area contributed by atoms with Crippen molar-refractivity contribution in [1.82, 2.24) is 0 Å². The summed E-state index contributed by atoms with van der Waals surface area (Å²) in [5.41, 5.74) is 1.28. The van der Waals surface area contributed by atoms with Gasteiger partial charge in [0, 0.05) is 10.5 Å². The van der Waals surface area contributed by atoms with E-state index >= 15 is 0 Å². The Hall–Kier alpha value is -2.30. The molecule has 5 nitrogen and oxygen atoms in total. The van der Waals surface area contributed by atoms with Crippen LogP contribution in [0.3, 0.4) is 0 Å². The molecule has 0 aliphatic carbocycles. The average Bonchev–Trinajstić information content (AvgIpc) is 2.89. The highest BCUT2D eigenvalue weighted by Gasteiger charge is 2.22. The number of nitrogens with one attached hydrogen (secondary N) is 1. The van der Waals surface area contributed by atoms with Gasteiger partial charge in [0.15, 0.2) is 0 Å². The number of esters is 1. The molecule has 7 heteroatoms. The summed E-state index contributed by atoms with van der Waals surface area (Å²) in [5.74, 6) is -0.847. The molecule has 0 bridgehead atoms. The summed E-state index contributed by atoms with van der Waals surface area (Å²) >= 11 is 2.63. The highest BCUT2D eigenvalue weighted by atomic mass is 32.2. The fourth-order valence-corrected chi connectivity index (χ4v) is 3.42. The maximum atomic E-state index is 12.3. The van der Waals surface area contributed by atoms with Gasteiger partial charge in [0.05, 0.1) is 12.7 Å². The molecule has 0 aliphatic rings. The van der Waals surface area contributed by atoms with Crippen molar-refractivity contribution in [2.24, 2.45) is 0 Å². The van der Waals surface area contributed by atoms with Crippen LogP contribution in [0, 0.1) is 18.3 Å². The van der Waals surface area contributed by atoms with Crippen molar-refractivity contribution in [3.8, 4) is 6.07 Å². The van der Waals surface area contributed by atoms with Crippen molar-refractivity contribution in [3.05, 3.63) is 45.8 Å². The molecule has 1 heterocycles. The molecule has 1 N–H and O–H groups in total. The summed E-state index contributed by atoms with van der Waals surface area (Å²) < 4.78 is 4.69. The Morgan fingerprint density at radius 2 is 1.96 bits per heavy atom. The molecule has 0 spiro atoms. The molecule has 0 atom stereocenters. The predicted octanol–water partition coefficient (Wildman–Crippen LogP) is 3.69. The number of nitrogens with zero attached hydrogens (tertiary/aromatic N) is 1. The monoisotopic (exact) mass is 346 g/mol. The average molecular weight is 346 g/mol. The van der Waals surface area contributed by atoms with Gasteiger partial charge in [-0.3, -0.25) is 4.79 Å². The number of anilines is 1. The molecule has 2 rings (SSSR count).